The molecule has 0 aliphatic rings. The number of rotatable bonds is 0. The molecule has 2 nitrogen and oxygen atoms in total. The van der Waals surface area contributed by atoms with Gasteiger partial charge in [-0.1, -0.05) is 0 Å². The molecule has 0 atom stereocenters. The third kappa shape index (κ3) is 1.49. The molecule has 0 spiro atoms. The lowest BCUT2D eigenvalue weighted by Crippen LogP contribution is -2.32. The van der Waals surface area contributed by atoms with E-state index in [0.717, 1.165) is 14.8 Å². The molecule has 1 rings (SSSR count). The van der Waals surface area contributed by atoms with Gasteiger partial charge in [-0.2, -0.15) is 0 Å². The molecule has 0 saturated heterocycles. The summed E-state index contributed by atoms with van der Waals surface area (Å²) in [6.07, 6.45) is 1.90. The maximum Gasteiger partial charge on any atom is 0.286 e. The summed E-state index contributed by atoms with van der Waals surface area (Å²) >= 11 is 6.66. The molecule has 1 aromatic heterocycles. The second kappa shape index (κ2) is 2.88. The van der Waals surface area contributed by atoms with E-state index in [1.54, 1.807) is 0 Å². The van der Waals surface area contributed by atoms with Crippen molar-refractivity contribution in [3.05, 3.63) is 21.2 Å². The van der Waals surface area contributed by atoms with Crippen LogP contribution in [0.4, 0.5) is 5.82 Å². The van der Waals surface area contributed by atoms with Crippen molar-refractivity contribution in [3.8, 4) is 0 Å². The van der Waals surface area contributed by atoms with Crippen molar-refractivity contribution in [3.63, 3.8) is 0 Å². The number of aromatic nitrogens is 1. The van der Waals surface area contributed by atoms with Gasteiger partial charge >= 0.3 is 0 Å². The third-order valence-electron chi connectivity index (χ3n) is 1.21. The lowest BCUT2D eigenvalue weighted by atomic mass is 10.4. The Morgan fingerprint density at radius 2 is 2.10 bits per heavy atom. The molecule has 10 heavy (non-hydrogen) atoms. The standard InChI is InChI=1S/C6H6Br2N2/c1-10-3-4(7)2-5(8)6(10)9/h2-3,9H,1H3/p+1. The molecular weight excluding hydrogens is 260 g/mol. The fraction of sp³-hybridized carbons (Fsp3) is 0.167. The number of nitrogen functional groups attached to an aromatic ring is 1. The number of pyridine rings is 1. The average Bonchev–Trinajstić information content (AvgIpc) is 1.82. The van der Waals surface area contributed by atoms with Crippen LogP contribution in [0.2, 0.25) is 0 Å². The van der Waals surface area contributed by atoms with Gasteiger partial charge in [0.1, 0.15) is 10.7 Å². The number of hydrogen-bond acceptors (Lipinski definition) is 1. The van der Waals surface area contributed by atoms with Crippen molar-refractivity contribution in [2.45, 2.75) is 0 Å². The molecule has 0 amide bonds. The minimum absolute atomic E-state index is 0.725. The second-order valence-electron chi connectivity index (χ2n) is 2.00. The first-order chi connectivity index (χ1) is 4.61. The van der Waals surface area contributed by atoms with Crippen molar-refractivity contribution >= 4 is 37.7 Å². The molecule has 4 heteroatoms. The average molecular weight is 267 g/mol. The summed E-state index contributed by atoms with van der Waals surface area (Å²) < 4.78 is 3.76. The van der Waals surface area contributed by atoms with Crippen molar-refractivity contribution in [1.29, 1.82) is 0 Å². The second-order valence-corrected chi connectivity index (χ2v) is 3.77. The van der Waals surface area contributed by atoms with Crippen LogP contribution in [0.1, 0.15) is 0 Å². The van der Waals surface area contributed by atoms with Crippen LogP contribution in [0.5, 0.6) is 0 Å². The van der Waals surface area contributed by atoms with E-state index in [1.165, 1.54) is 0 Å². The Hall–Kier alpha value is -0.0900. The summed E-state index contributed by atoms with van der Waals surface area (Å²) in [5.74, 6) is 0.725. The summed E-state index contributed by atoms with van der Waals surface area (Å²) in [6, 6.07) is 1.91. The summed E-state index contributed by atoms with van der Waals surface area (Å²) in [7, 11) is 1.89. The minimum Gasteiger partial charge on any atom is -0.286 e. The molecule has 0 radical (unpaired) electrons. The van der Waals surface area contributed by atoms with Crippen LogP contribution in [-0.2, 0) is 7.05 Å². The van der Waals surface area contributed by atoms with E-state index in [-0.39, 0.29) is 0 Å². The highest BCUT2D eigenvalue weighted by Crippen LogP contribution is 2.18. The fourth-order valence-corrected chi connectivity index (χ4v) is 2.02. The van der Waals surface area contributed by atoms with Crippen LogP contribution < -0.4 is 10.3 Å². The van der Waals surface area contributed by atoms with Crippen LogP contribution in [-0.4, -0.2) is 0 Å². The Balaban J connectivity index is 3.31. The van der Waals surface area contributed by atoms with Crippen LogP contribution in [0.15, 0.2) is 21.2 Å². The predicted octanol–water partition coefficient (Wildman–Crippen LogP) is 1.62. The summed E-state index contributed by atoms with van der Waals surface area (Å²) in [5.41, 5.74) is 5.65. The first-order valence-electron chi connectivity index (χ1n) is 2.71. The van der Waals surface area contributed by atoms with Gasteiger partial charge in [0.25, 0.3) is 5.82 Å². The Kier molecular flexibility index (Phi) is 2.31. The Morgan fingerprint density at radius 3 is 2.60 bits per heavy atom. The Labute approximate surface area is 76.3 Å². The zero-order chi connectivity index (χ0) is 7.72. The quantitative estimate of drug-likeness (QED) is 0.711. The summed E-state index contributed by atoms with van der Waals surface area (Å²) in [4.78, 5) is 0. The van der Waals surface area contributed by atoms with Gasteiger partial charge in [0.2, 0.25) is 0 Å². The predicted molar refractivity (Wildman–Crippen MR) is 47.4 cm³/mol. The number of anilines is 1. The maximum absolute atomic E-state index is 5.65. The van der Waals surface area contributed by atoms with E-state index in [9.17, 15) is 0 Å². The van der Waals surface area contributed by atoms with E-state index in [2.05, 4.69) is 31.9 Å². The van der Waals surface area contributed by atoms with Crippen molar-refractivity contribution < 1.29 is 4.57 Å². The van der Waals surface area contributed by atoms with Gasteiger partial charge in [-0.05, 0) is 37.9 Å². The molecule has 54 valence electrons. The first kappa shape index (κ1) is 8.01. The topological polar surface area (TPSA) is 29.9 Å². The zero-order valence-corrected chi connectivity index (χ0v) is 8.61. The fourth-order valence-electron chi connectivity index (χ4n) is 0.655. The van der Waals surface area contributed by atoms with Gasteiger partial charge in [0.05, 0.1) is 11.5 Å². The monoisotopic (exact) mass is 265 g/mol. The number of nitrogens with zero attached hydrogens (tertiary/aromatic N) is 1. The number of nitrogens with two attached hydrogens (primary N) is 1. The maximum atomic E-state index is 5.65. The Morgan fingerprint density at radius 1 is 1.50 bits per heavy atom. The van der Waals surface area contributed by atoms with Gasteiger partial charge in [-0.3, -0.25) is 5.73 Å². The van der Waals surface area contributed by atoms with Crippen LogP contribution in [0, 0.1) is 0 Å². The van der Waals surface area contributed by atoms with E-state index in [4.69, 9.17) is 5.73 Å². The normalized spacial score (nSPS) is 9.90. The van der Waals surface area contributed by atoms with Gasteiger partial charge in [0.15, 0.2) is 0 Å². The van der Waals surface area contributed by atoms with Gasteiger partial charge < -0.3 is 0 Å². The third-order valence-corrected chi connectivity index (χ3v) is 2.28. The smallest absolute Gasteiger partial charge is 0.286 e. The molecule has 1 heterocycles. The first-order valence-corrected chi connectivity index (χ1v) is 4.30. The van der Waals surface area contributed by atoms with Crippen molar-refractivity contribution in [2.24, 2.45) is 7.05 Å². The molecule has 0 aliphatic heterocycles. The van der Waals surface area contributed by atoms with Crippen molar-refractivity contribution in [1.82, 2.24) is 0 Å². The molecule has 0 saturated carbocycles. The number of aryl methyl sites for hydroxylation is 1. The van der Waals surface area contributed by atoms with Crippen LogP contribution in [0.3, 0.4) is 0 Å². The summed E-state index contributed by atoms with van der Waals surface area (Å²) in [5, 5.41) is 0. The largest absolute Gasteiger partial charge is 0.286 e. The van der Waals surface area contributed by atoms with E-state index in [1.807, 2.05) is 23.9 Å². The lowest BCUT2D eigenvalue weighted by molar-refractivity contribution is -0.657. The Bertz CT molecular complexity index is 237. The van der Waals surface area contributed by atoms with E-state index < -0.39 is 0 Å². The molecule has 0 bridgehead atoms. The molecule has 0 aromatic carbocycles. The van der Waals surface area contributed by atoms with E-state index >= 15 is 0 Å². The van der Waals surface area contributed by atoms with Gasteiger partial charge in [0, 0.05) is 0 Å². The van der Waals surface area contributed by atoms with Crippen LogP contribution >= 0.6 is 31.9 Å². The molecular formula is C6H7Br2N2+. The van der Waals surface area contributed by atoms with Gasteiger partial charge in [-0.15, -0.1) is 0 Å². The highest BCUT2D eigenvalue weighted by atomic mass is 79.9. The number of hydrogen-bond donors (Lipinski definition) is 1. The molecule has 0 fully saturated rings. The molecule has 1 aromatic rings. The van der Waals surface area contributed by atoms with Crippen LogP contribution in [0.25, 0.3) is 0 Å². The lowest BCUT2D eigenvalue weighted by Gasteiger charge is -1.97. The molecule has 0 unspecified atom stereocenters. The summed E-state index contributed by atoms with van der Waals surface area (Å²) in [6.45, 7) is 0. The SMILES string of the molecule is C[n+]1cc(Br)cc(Br)c1N. The molecule has 2 N–H and O–H groups in total. The highest BCUT2D eigenvalue weighted by molar-refractivity contribution is 9.11. The molecule has 0 aliphatic carbocycles. The number of halogens is 2. The van der Waals surface area contributed by atoms with Crippen molar-refractivity contribution in [2.75, 3.05) is 5.73 Å². The van der Waals surface area contributed by atoms with E-state index in [0.29, 0.717) is 0 Å². The highest BCUT2D eigenvalue weighted by Gasteiger charge is 2.05. The zero-order valence-electron chi connectivity index (χ0n) is 5.44. The van der Waals surface area contributed by atoms with Gasteiger partial charge in [-0.25, -0.2) is 4.57 Å². The minimum atomic E-state index is 0.725.